The molecule has 0 bridgehead atoms. The highest BCUT2D eigenvalue weighted by molar-refractivity contribution is 9.10. The zero-order valence-electron chi connectivity index (χ0n) is 14.7. The minimum absolute atomic E-state index is 0.350. The molecule has 1 aliphatic heterocycles. The first-order chi connectivity index (χ1) is 12.1. The van der Waals surface area contributed by atoms with E-state index >= 15 is 0 Å². The third-order valence-electron chi connectivity index (χ3n) is 5.15. The van der Waals surface area contributed by atoms with Crippen molar-refractivity contribution in [3.63, 3.8) is 0 Å². The highest BCUT2D eigenvalue weighted by Gasteiger charge is 2.37. The van der Waals surface area contributed by atoms with Crippen molar-refractivity contribution in [1.82, 2.24) is 0 Å². The van der Waals surface area contributed by atoms with Crippen LogP contribution in [0.3, 0.4) is 0 Å². The van der Waals surface area contributed by atoms with Crippen LogP contribution >= 0.6 is 15.9 Å². The quantitative estimate of drug-likeness (QED) is 0.610. The topological polar surface area (TPSA) is 21.3 Å². The summed E-state index contributed by atoms with van der Waals surface area (Å²) in [5, 5.41) is 3.79. The lowest BCUT2D eigenvalue weighted by molar-refractivity contribution is 0.270. The summed E-state index contributed by atoms with van der Waals surface area (Å²) in [6.45, 7) is 5.12. The molecule has 2 aromatic rings. The SMILES string of the molecule is CC(C)COc1ccc2c(c1)C1C=CCC1C(c1ccc(Br)cc1)N2. The Morgan fingerprint density at radius 1 is 1.16 bits per heavy atom. The van der Waals surface area contributed by atoms with Crippen LogP contribution in [0, 0.1) is 11.8 Å². The Kier molecular flexibility index (Phi) is 4.60. The summed E-state index contributed by atoms with van der Waals surface area (Å²) in [6, 6.07) is 15.6. The molecular formula is C22H24BrNO. The molecular weight excluding hydrogens is 374 g/mol. The van der Waals surface area contributed by atoms with Crippen molar-refractivity contribution >= 4 is 21.6 Å². The first-order valence-corrected chi connectivity index (χ1v) is 9.86. The molecule has 130 valence electrons. The fourth-order valence-electron chi connectivity index (χ4n) is 3.93. The van der Waals surface area contributed by atoms with Crippen LogP contribution in [0.25, 0.3) is 0 Å². The van der Waals surface area contributed by atoms with Gasteiger partial charge in [-0.1, -0.05) is 54.1 Å². The van der Waals surface area contributed by atoms with Gasteiger partial charge in [-0.2, -0.15) is 0 Å². The molecule has 0 saturated heterocycles. The second-order valence-electron chi connectivity index (χ2n) is 7.48. The van der Waals surface area contributed by atoms with E-state index in [0.29, 0.717) is 23.8 Å². The highest BCUT2D eigenvalue weighted by Crippen LogP contribution is 2.50. The van der Waals surface area contributed by atoms with Crippen molar-refractivity contribution < 1.29 is 4.74 Å². The number of allylic oxidation sites excluding steroid dienone is 2. The molecule has 1 N–H and O–H groups in total. The number of anilines is 1. The largest absolute Gasteiger partial charge is 0.493 e. The summed E-state index contributed by atoms with van der Waals surface area (Å²) < 4.78 is 7.08. The molecule has 3 atom stereocenters. The maximum atomic E-state index is 5.95. The standard InChI is InChI=1S/C22H24BrNO/c1-14(2)13-25-17-10-11-21-20(12-17)18-4-3-5-19(18)22(24-21)15-6-8-16(23)9-7-15/h3-4,6-12,14,18-19,22,24H,5,13H2,1-2H3. The van der Waals surface area contributed by atoms with Gasteiger partial charge >= 0.3 is 0 Å². The van der Waals surface area contributed by atoms with E-state index in [1.807, 2.05) is 0 Å². The van der Waals surface area contributed by atoms with E-state index in [1.54, 1.807) is 0 Å². The van der Waals surface area contributed by atoms with Crippen LogP contribution in [0.15, 0.2) is 59.1 Å². The minimum atomic E-state index is 0.350. The van der Waals surface area contributed by atoms with Crippen molar-refractivity contribution in [2.24, 2.45) is 11.8 Å². The highest BCUT2D eigenvalue weighted by atomic mass is 79.9. The van der Waals surface area contributed by atoms with Crippen molar-refractivity contribution in [3.8, 4) is 5.75 Å². The Morgan fingerprint density at radius 2 is 1.96 bits per heavy atom. The van der Waals surface area contributed by atoms with Crippen molar-refractivity contribution in [1.29, 1.82) is 0 Å². The fourth-order valence-corrected chi connectivity index (χ4v) is 4.19. The van der Waals surface area contributed by atoms with Crippen LogP contribution in [-0.2, 0) is 0 Å². The van der Waals surface area contributed by atoms with E-state index in [9.17, 15) is 0 Å². The summed E-state index contributed by atoms with van der Waals surface area (Å²) in [7, 11) is 0. The zero-order chi connectivity index (χ0) is 17.4. The molecule has 4 rings (SSSR count). The molecule has 0 amide bonds. The molecule has 0 saturated carbocycles. The number of halogens is 1. The Balaban J connectivity index is 1.65. The Bertz CT molecular complexity index is 781. The molecule has 2 aromatic carbocycles. The minimum Gasteiger partial charge on any atom is -0.493 e. The summed E-state index contributed by atoms with van der Waals surface area (Å²) in [6.07, 6.45) is 5.83. The lowest BCUT2D eigenvalue weighted by Crippen LogP contribution is -2.29. The molecule has 3 heteroatoms. The maximum Gasteiger partial charge on any atom is 0.119 e. The first kappa shape index (κ1) is 16.7. The maximum absolute atomic E-state index is 5.95. The summed E-state index contributed by atoms with van der Waals surface area (Å²) in [5.74, 6) is 2.55. The molecule has 0 fully saturated rings. The molecule has 0 spiro atoms. The predicted molar refractivity (Wildman–Crippen MR) is 107 cm³/mol. The van der Waals surface area contributed by atoms with Gasteiger partial charge < -0.3 is 10.1 Å². The summed E-state index contributed by atoms with van der Waals surface area (Å²) >= 11 is 3.54. The van der Waals surface area contributed by atoms with Crippen molar-refractivity contribution in [2.45, 2.75) is 32.2 Å². The molecule has 3 unspecified atom stereocenters. The normalized spacial score (nSPS) is 23.9. The average Bonchev–Trinajstić information content (AvgIpc) is 3.10. The monoisotopic (exact) mass is 397 g/mol. The average molecular weight is 398 g/mol. The van der Waals surface area contributed by atoms with Gasteiger partial charge in [0.15, 0.2) is 0 Å². The second-order valence-corrected chi connectivity index (χ2v) is 8.40. The third-order valence-corrected chi connectivity index (χ3v) is 5.68. The molecule has 1 aliphatic carbocycles. The predicted octanol–water partition coefficient (Wildman–Crippen LogP) is 6.31. The van der Waals surface area contributed by atoms with E-state index in [2.05, 4.69) is 89.7 Å². The van der Waals surface area contributed by atoms with E-state index < -0.39 is 0 Å². The number of rotatable bonds is 4. The van der Waals surface area contributed by atoms with Gasteiger partial charge in [-0.3, -0.25) is 0 Å². The van der Waals surface area contributed by atoms with Crippen LogP contribution in [-0.4, -0.2) is 6.61 Å². The van der Waals surface area contributed by atoms with Gasteiger partial charge in [0.2, 0.25) is 0 Å². The van der Waals surface area contributed by atoms with Crippen LogP contribution in [0.1, 0.15) is 43.4 Å². The smallest absolute Gasteiger partial charge is 0.119 e. The van der Waals surface area contributed by atoms with E-state index in [-0.39, 0.29) is 0 Å². The first-order valence-electron chi connectivity index (χ1n) is 9.07. The van der Waals surface area contributed by atoms with Gasteiger partial charge in [-0.25, -0.2) is 0 Å². The molecule has 1 heterocycles. The Hall–Kier alpha value is -1.74. The second kappa shape index (κ2) is 6.87. The Labute approximate surface area is 158 Å². The van der Waals surface area contributed by atoms with Gasteiger partial charge in [0.05, 0.1) is 12.6 Å². The van der Waals surface area contributed by atoms with Gasteiger partial charge in [0.25, 0.3) is 0 Å². The Morgan fingerprint density at radius 3 is 2.72 bits per heavy atom. The van der Waals surface area contributed by atoms with Crippen LogP contribution in [0.2, 0.25) is 0 Å². The number of ether oxygens (including phenoxy) is 1. The summed E-state index contributed by atoms with van der Waals surface area (Å²) in [5.41, 5.74) is 3.96. The number of nitrogens with one attached hydrogen (secondary N) is 1. The van der Waals surface area contributed by atoms with E-state index in [4.69, 9.17) is 4.74 Å². The van der Waals surface area contributed by atoms with Crippen molar-refractivity contribution in [3.05, 3.63) is 70.2 Å². The number of fused-ring (bicyclic) bond motifs is 3. The molecule has 0 radical (unpaired) electrons. The van der Waals surface area contributed by atoms with Gasteiger partial charge in [-0.05, 0) is 59.7 Å². The summed E-state index contributed by atoms with van der Waals surface area (Å²) in [4.78, 5) is 0. The molecule has 25 heavy (non-hydrogen) atoms. The van der Waals surface area contributed by atoms with Gasteiger partial charge in [-0.15, -0.1) is 0 Å². The van der Waals surface area contributed by atoms with Gasteiger partial charge in [0, 0.05) is 16.1 Å². The van der Waals surface area contributed by atoms with E-state index in [1.165, 1.54) is 16.8 Å². The van der Waals surface area contributed by atoms with Crippen LogP contribution < -0.4 is 10.1 Å². The number of hydrogen-bond acceptors (Lipinski definition) is 2. The third kappa shape index (κ3) is 3.35. The number of benzene rings is 2. The van der Waals surface area contributed by atoms with Crippen LogP contribution in [0.4, 0.5) is 5.69 Å². The molecule has 2 aliphatic rings. The molecule has 2 nitrogen and oxygen atoms in total. The lowest BCUT2D eigenvalue weighted by atomic mass is 9.77. The molecule has 0 aromatic heterocycles. The van der Waals surface area contributed by atoms with Crippen LogP contribution in [0.5, 0.6) is 5.75 Å². The number of hydrogen-bond donors (Lipinski definition) is 1. The van der Waals surface area contributed by atoms with Gasteiger partial charge in [0.1, 0.15) is 5.75 Å². The van der Waals surface area contributed by atoms with E-state index in [0.717, 1.165) is 23.2 Å². The lowest BCUT2D eigenvalue weighted by Gasteiger charge is -2.37. The fraction of sp³-hybridized carbons (Fsp3) is 0.364. The van der Waals surface area contributed by atoms with Crippen molar-refractivity contribution in [2.75, 3.05) is 11.9 Å². The zero-order valence-corrected chi connectivity index (χ0v) is 16.3.